The van der Waals surface area contributed by atoms with Crippen LogP contribution in [0.4, 0.5) is 0 Å². The minimum atomic E-state index is -0.0515. The van der Waals surface area contributed by atoms with Gasteiger partial charge in [-0.2, -0.15) is 0 Å². The fourth-order valence-corrected chi connectivity index (χ4v) is 4.31. The van der Waals surface area contributed by atoms with Crippen molar-refractivity contribution in [3.63, 3.8) is 0 Å². The van der Waals surface area contributed by atoms with E-state index in [2.05, 4.69) is 28.8 Å². The second-order valence-electron chi connectivity index (χ2n) is 2.23. The summed E-state index contributed by atoms with van der Waals surface area (Å²) in [6.45, 7) is 5.43. The first-order valence-electron chi connectivity index (χ1n) is 4.28. The SMILES string of the molecule is CCOC(OCC)C(CI)SSC. The van der Waals surface area contributed by atoms with Crippen LogP contribution in [-0.4, -0.2) is 35.4 Å². The molecule has 5 heteroatoms. The summed E-state index contributed by atoms with van der Waals surface area (Å²) in [6, 6.07) is 0. The molecular weight excluding hydrogens is 319 g/mol. The molecule has 0 aliphatic heterocycles. The van der Waals surface area contributed by atoms with Gasteiger partial charge < -0.3 is 9.47 Å². The predicted molar refractivity (Wildman–Crippen MR) is 70.8 cm³/mol. The number of ether oxygens (including phenoxy) is 2. The Labute approximate surface area is 102 Å². The molecule has 1 unspecified atom stereocenters. The molecule has 0 fully saturated rings. The van der Waals surface area contributed by atoms with Gasteiger partial charge >= 0.3 is 0 Å². The van der Waals surface area contributed by atoms with E-state index in [-0.39, 0.29) is 6.29 Å². The number of alkyl halides is 1. The van der Waals surface area contributed by atoms with Crippen molar-refractivity contribution >= 4 is 44.2 Å². The Bertz CT molecular complexity index is 110. The maximum absolute atomic E-state index is 5.53. The van der Waals surface area contributed by atoms with Crippen LogP contribution in [0.5, 0.6) is 0 Å². The molecule has 0 aliphatic rings. The smallest absolute Gasteiger partial charge is 0.170 e. The minimum absolute atomic E-state index is 0.0515. The standard InChI is InChI=1S/C8H17IO2S2/c1-4-10-8(11-5-2)7(6-9)13-12-3/h7-8H,4-6H2,1-3H3. The molecule has 0 aromatic heterocycles. The van der Waals surface area contributed by atoms with Gasteiger partial charge in [0, 0.05) is 17.6 Å². The molecule has 2 nitrogen and oxygen atoms in total. The average molecular weight is 336 g/mol. The summed E-state index contributed by atoms with van der Waals surface area (Å²) in [4.78, 5) is 0. The Hall–Kier alpha value is 1.35. The lowest BCUT2D eigenvalue weighted by Gasteiger charge is -2.23. The van der Waals surface area contributed by atoms with Gasteiger partial charge in [-0.25, -0.2) is 0 Å². The molecule has 0 amide bonds. The van der Waals surface area contributed by atoms with Crippen LogP contribution in [-0.2, 0) is 9.47 Å². The molecule has 0 N–H and O–H groups in total. The highest BCUT2D eigenvalue weighted by molar-refractivity contribution is 14.1. The van der Waals surface area contributed by atoms with Crippen LogP contribution in [0, 0.1) is 0 Å². The molecule has 0 bridgehead atoms. The lowest BCUT2D eigenvalue weighted by Crippen LogP contribution is -2.30. The fraction of sp³-hybridized carbons (Fsp3) is 1.00. The van der Waals surface area contributed by atoms with Crippen molar-refractivity contribution in [3.8, 4) is 0 Å². The largest absolute Gasteiger partial charge is 0.352 e. The minimum Gasteiger partial charge on any atom is -0.352 e. The Morgan fingerprint density at radius 2 is 1.77 bits per heavy atom. The Balaban J connectivity index is 3.94. The molecular formula is C8H17IO2S2. The van der Waals surface area contributed by atoms with Gasteiger partial charge in [0.2, 0.25) is 0 Å². The molecule has 0 saturated carbocycles. The second-order valence-corrected chi connectivity index (χ2v) is 5.82. The van der Waals surface area contributed by atoms with E-state index >= 15 is 0 Å². The van der Waals surface area contributed by atoms with Gasteiger partial charge in [-0.3, -0.25) is 0 Å². The summed E-state index contributed by atoms with van der Waals surface area (Å²) in [5.74, 6) is 0. The quantitative estimate of drug-likeness (QED) is 0.293. The summed E-state index contributed by atoms with van der Waals surface area (Å²) in [7, 11) is 3.59. The van der Waals surface area contributed by atoms with Crippen molar-refractivity contribution in [3.05, 3.63) is 0 Å². The summed E-state index contributed by atoms with van der Waals surface area (Å²) < 4.78 is 12.1. The molecule has 0 rings (SSSR count). The third-order valence-corrected chi connectivity index (χ3v) is 5.03. The van der Waals surface area contributed by atoms with Crippen molar-refractivity contribution in [1.82, 2.24) is 0 Å². The Kier molecular flexibility index (Phi) is 10.9. The number of halogens is 1. The first kappa shape index (κ1) is 14.3. The molecule has 0 saturated heterocycles. The van der Waals surface area contributed by atoms with Gasteiger partial charge in [0.1, 0.15) is 0 Å². The van der Waals surface area contributed by atoms with Crippen LogP contribution >= 0.6 is 44.2 Å². The molecule has 1 atom stereocenters. The number of rotatable bonds is 8. The molecule has 0 radical (unpaired) electrons. The zero-order valence-electron chi connectivity index (χ0n) is 8.29. The van der Waals surface area contributed by atoms with Gasteiger partial charge in [0.15, 0.2) is 6.29 Å². The van der Waals surface area contributed by atoms with Crippen molar-refractivity contribution in [1.29, 1.82) is 0 Å². The molecule has 0 aromatic carbocycles. The molecule has 80 valence electrons. The van der Waals surface area contributed by atoms with E-state index in [9.17, 15) is 0 Å². The zero-order chi connectivity index (χ0) is 10.1. The Morgan fingerprint density at radius 1 is 1.23 bits per heavy atom. The highest BCUT2D eigenvalue weighted by Crippen LogP contribution is 2.29. The maximum atomic E-state index is 5.53. The van der Waals surface area contributed by atoms with E-state index in [1.807, 2.05) is 24.6 Å². The van der Waals surface area contributed by atoms with Crippen LogP contribution in [0.15, 0.2) is 0 Å². The van der Waals surface area contributed by atoms with E-state index < -0.39 is 0 Å². The van der Waals surface area contributed by atoms with Crippen molar-refractivity contribution < 1.29 is 9.47 Å². The summed E-state index contributed by atoms with van der Waals surface area (Å²) in [5, 5.41) is 0.426. The molecule has 13 heavy (non-hydrogen) atoms. The van der Waals surface area contributed by atoms with Crippen LogP contribution in [0.1, 0.15) is 13.8 Å². The van der Waals surface area contributed by atoms with E-state index in [0.717, 1.165) is 4.43 Å². The number of hydrogen-bond donors (Lipinski definition) is 0. The molecule has 0 heterocycles. The molecule has 0 aromatic rings. The zero-order valence-corrected chi connectivity index (χ0v) is 12.1. The third-order valence-electron chi connectivity index (χ3n) is 1.34. The van der Waals surface area contributed by atoms with Crippen molar-refractivity contribution in [2.75, 3.05) is 23.9 Å². The van der Waals surface area contributed by atoms with Crippen LogP contribution in [0.25, 0.3) is 0 Å². The van der Waals surface area contributed by atoms with Crippen molar-refractivity contribution in [2.45, 2.75) is 25.4 Å². The van der Waals surface area contributed by atoms with Crippen molar-refractivity contribution in [2.24, 2.45) is 0 Å². The first-order chi connectivity index (χ1) is 6.29. The van der Waals surface area contributed by atoms with Crippen LogP contribution in [0.3, 0.4) is 0 Å². The maximum Gasteiger partial charge on any atom is 0.170 e. The monoisotopic (exact) mass is 336 g/mol. The van der Waals surface area contributed by atoms with Gasteiger partial charge in [0.05, 0.1) is 5.25 Å². The fourth-order valence-electron chi connectivity index (χ4n) is 0.859. The predicted octanol–water partition coefficient (Wildman–Crippen LogP) is 3.20. The van der Waals surface area contributed by atoms with E-state index in [0.29, 0.717) is 18.5 Å². The normalized spacial score (nSPS) is 13.6. The molecule has 0 spiro atoms. The summed E-state index contributed by atoms with van der Waals surface area (Å²) in [5.41, 5.74) is 0. The molecule has 0 aliphatic carbocycles. The van der Waals surface area contributed by atoms with Gasteiger partial charge in [0.25, 0.3) is 0 Å². The van der Waals surface area contributed by atoms with Crippen LogP contribution in [0.2, 0.25) is 0 Å². The van der Waals surface area contributed by atoms with E-state index in [1.165, 1.54) is 0 Å². The number of hydrogen-bond acceptors (Lipinski definition) is 4. The summed E-state index contributed by atoms with van der Waals surface area (Å²) in [6.07, 6.45) is 2.03. The summed E-state index contributed by atoms with van der Waals surface area (Å²) >= 11 is 2.37. The topological polar surface area (TPSA) is 18.5 Å². The third kappa shape index (κ3) is 6.43. The average Bonchev–Trinajstić information content (AvgIpc) is 2.14. The van der Waals surface area contributed by atoms with Crippen LogP contribution < -0.4 is 0 Å². The van der Waals surface area contributed by atoms with Gasteiger partial charge in [-0.05, 0) is 20.1 Å². The Morgan fingerprint density at radius 3 is 2.08 bits per heavy atom. The highest BCUT2D eigenvalue weighted by Gasteiger charge is 2.21. The van der Waals surface area contributed by atoms with E-state index in [4.69, 9.17) is 9.47 Å². The van der Waals surface area contributed by atoms with Gasteiger partial charge in [-0.15, -0.1) is 0 Å². The highest BCUT2D eigenvalue weighted by atomic mass is 127. The van der Waals surface area contributed by atoms with Gasteiger partial charge in [-0.1, -0.05) is 44.2 Å². The lowest BCUT2D eigenvalue weighted by atomic mass is 10.4. The lowest BCUT2D eigenvalue weighted by molar-refractivity contribution is -0.132. The second kappa shape index (κ2) is 9.89. The van der Waals surface area contributed by atoms with E-state index in [1.54, 1.807) is 10.8 Å². The first-order valence-corrected chi connectivity index (χ1v) is 8.43.